The number of imidazole rings is 2. The van der Waals surface area contributed by atoms with Crippen molar-refractivity contribution in [2.75, 3.05) is 5.75 Å². The number of rotatable bonds is 4. The summed E-state index contributed by atoms with van der Waals surface area (Å²) in [6, 6.07) is 0.874. The van der Waals surface area contributed by atoms with E-state index in [0.29, 0.717) is 17.3 Å². The highest BCUT2D eigenvalue weighted by molar-refractivity contribution is 7.91. The van der Waals surface area contributed by atoms with Crippen molar-refractivity contribution in [3.8, 4) is 11.5 Å². The van der Waals surface area contributed by atoms with Crippen LogP contribution < -0.4 is 0 Å². The average Bonchev–Trinajstić information content (AvgIpc) is 3.25. The number of aryl methyl sites for hydroxylation is 1. The predicted molar refractivity (Wildman–Crippen MR) is 114 cm³/mol. The fourth-order valence-corrected chi connectivity index (χ4v) is 5.69. The summed E-state index contributed by atoms with van der Waals surface area (Å²) in [5.41, 5.74) is -0.417. The van der Waals surface area contributed by atoms with Gasteiger partial charge in [0.15, 0.2) is 20.7 Å². The minimum absolute atomic E-state index is 0.0519. The normalized spacial score (nSPS) is 20.2. The number of hydrogen-bond acceptors (Lipinski definition) is 5. The summed E-state index contributed by atoms with van der Waals surface area (Å²) in [5, 5.41) is 0.0519. The molecule has 1 fully saturated rings. The second kappa shape index (κ2) is 7.86. The smallest absolute Gasteiger partial charge is 0.324 e. The fraction of sp³-hybridized carbons (Fsp3) is 0.571. The van der Waals surface area contributed by atoms with Crippen LogP contribution in [0.5, 0.6) is 0 Å². The van der Waals surface area contributed by atoms with Crippen molar-refractivity contribution >= 4 is 20.9 Å². The first-order chi connectivity index (χ1) is 14.9. The van der Waals surface area contributed by atoms with Gasteiger partial charge in [0.25, 0.3) is 0 Å². The van der Waals surface area contributed by atoms with Gasteiger partial charge in [-0.05, 0) is 24.8 Å². The highest BCUT2D eigenvalue weighted by Gasteiger charge is 2.35. The molecule has 7 nitrogen and oxygen atoms in total. The molecule has 0 atom stereocenters. The maximum absolute atomic E-state index is 13.1. The Labute approximate surface area is 184 Å². The Balaban J connectivity index is 1.92. The van der Waals surface area contributed by atoms with Gasteiger partial charge in [0.05, 0.1) is 23.0 Å². The van der Waals surface area contributed by atoms with Gasteiger partial charge in [-0.25, -0.2) is 23.4 Å². The van der Waals surface area contributed by atoms with Crippen LogP contribution in [0.1, 0.15) is 57.0 Å². The predicted octanol–water partition coefficient (Wildman–Crippen LogP) is 4.47. The molecule has 0 spiro atoms. The number of aromatic nitrogens is 5. The molecule has 174 valence electrons. The number of halogens is 3. The second-order valence-electron chi connectivity index (χ2n) is 8.59. The average molecular weight is 470 g/mol. The van der Waals surface area contributed by atoms with E-state index in [0.717, 1.165) is 37.9 Å². The largest absolute Gasteiger partial charge is 0.433 e. The van der Waals surface area contributed by atoms with Gasteiger partial charge in [-0.3, -0.25) is 0 Å². The number of sulfone groups is 1. The van der Waals surface area contributed by atoms with Crippen molar-refractivity contribution in [2.45, 2.75) is 56.7 Å². The molecule has 11 heteroatoms. The molecule has 1 saturated carbocycles. The van der Waals surface area contributed by atoms with Crippen molar-refractivity contribution in [2.24, 2.45) is 20.0 Å². The molecule has 0 amide bonds. The quantitative estimate of drug-likeness (QED) is 0.563. The first-order valence-electron chi connectivity index (χ1n) is 10.6. The molecule has 0 bridgehead atoms. The first kappa shape index (κ1) is 22.8. The van der Waals surface area contributed by atoms with Crippen LogP contribution in [0.2, 0.25) is 0 Å². The van der Waals surface area contributed by atoms with Gasteiger partial charge in [0, 0.05) is 20.0 Å². The summed E-state index contributed by atoms with van der Waals surface area (Å²) in [5.74, 6) is 1.52. The van der Waals surface area contributed by atoms with Gasteiger partial charge in [0.2, 0.25) is 0 Å². The van der Waals surface area contributed by atoms with Gasteiger partial charge < -0.3 is 9.13 Å². The van der Waals surface area contributed by atoms with Gasteiger partial charge in [-0.1, -0.05) is 26.7 Å². The Morgan fingerprint density at radius 3 is 2.34 bits per heavy atom. The van der Waals surface area contributed by atoms with Crippen LogP contribution in [-0.2, 0) is 30.1 Å². The van der Waals surface area contributed by atoms with Crippen LogP contribution in [-0.4, -0.2) is 38.3 Å². The number of pyridine rings is 1. The third-order valence-corrected chi connectivity index (χ3v) is 8.22. The lowest BCUT2D eigenvalue weighted by Gasteiger charge is -2.25. The van der Waals surface area contributed by atoms with Crippen LogP contribution >= 0.6 is 0 Å². The number of nitrogens with zero attached hydrogens (tertiary/aromatic N) is 5. The summed E-state index contributed by atoms with van der Waals surface area (Å²) >= 11 is 0. The van der Waals surface area contributed by atoms with E-state index in [1.807, 2.05) is 0 Å². The Bertz CT molecular complexity index is 1270. The van der Waals surface area contributed by atoms with Crippen molar-refractivity contribution in [3.63, 3.8) is 0 Å². The van der Waals surface area contributed by atoms with E-state index in [9.17, 15) is 21.6 Å². The first-order valence-corrected chi connectivity index (χ1v) is 12.3. The number of hydrogen-bond donors (Lipinski definition) is 0. The summed E-state index contributed by atoms with van der Waals surface area (Å²) in [4.78, 5) is 12.6. The van der Waals surface area contributed by atoms with Gasteiger partial charge in [-0.15, -0.1) is 0 Å². The van der Waals surface area contributed by atoms with Crippen LogP contribution in [0.3, 0.4) is 0 Å². The van der Waals surface area contributed by atoms with Crippen molar-refractivity contribution < 1.29 is 21.6 Å². The van der Waals surface area contributed by atoms with Crippen LogP contribution in [0, 0.1) is 5.92 Å². The lowest BCUT2D eigenvalue weighted by atomic mass is 9.82. The van der Waals surface area contributed by atoms with Crippen LogP contribution in [0.15, 0.2) is 17.3 Å². The molecule has 3 aromatic rings. The molecule has 32 heavy (non-hydrogen) atoms. The molecule has 0 saturated heterocycles. The Morgan fingerprint density at radius 2 is 1.75 bits per heavy atom. The van der Waals surface area contributed by atoms with E-state index >= 15 is 0 Å². The minimum atomic E-state index is -4.60. The SMILES string of the molecule is CCS(=O)(=O)c1c(-c2nc3cc(C(F)(F)F)ncc3n2C)nc(C2CCC(C)CC2)n1C. The molecule has 0 N–H and O–H groups in total. The van der Waals surface area contributed by atoms with Crippen molar-refractivity contribution in [1.82, 2.24) is 24.1 Å². The standard InChI is InChI=1S/C21H26F3N5O2S/c1-5-32(30,31)20-17(27-18(29(20)4)13-8-6-12(2)7-9-13)19-26-14-10-16(21(22,23)24)25-11-15(14)28(19)3/h10-13H,5-9H2,1-4H3. The lowest BCUT2D eigenvalue weighted by molar-refractivity contribution is -0.141. The molecule has 3 heterocycles. The minimum Gasteiger partial charge on any atom is -0.324 e. The maximum Gasteiger partial charge on any atom is 0.433 e. The maximum atomic E-state index is 13.1. The van der Waals surface area contributed by atoms with Crippen LogP contribution in [0.25, 0.3) is 22.6 Å². The van der Waals surface area contributed by atoms with Crippen LogP contribution in [0.4, 0.5) is 13.2 Å². The van der Waals surface area contributed by atoms with Gasteiger partial charge >= 0.3 is 6.18 Å². The topological polar surface area (TPSA) is 82.7 Å². The molecule has 0 aliphatic heterocycles. The Hall–Kier alpha value is -2.43. The highest BCUT2D eigenvalue weighted by atomic mass is 32.2. The fourth-order valence-electron chi connectivity index (χ4n) is 4.48. The summed E-state index contributed by atoms with van der Waals surface area (Å²) in [6.45, 7) is 3.76. The van der Waals surface area contributed by atoms with E-state index in [1.165, 1.54) is 0 Å². The van der Waals surface area contributed by atoms with E-state index in [1.54, 1.807) is 30.2 Å². The van der Waals surface area contributed by atoms with E-state index in [4.69, 9.17) is 4.98 Å². The van der Waals surface area contributed by atoms with E-state index in [-0.39, 0.29) is 33.7 Å². The zero-order valence-corrected chi connectivity index (χ0v) is 19.3. The van der Waals surface area contributed by atoms with Gasteiger partial charge in [0.1, 0.15) is 17.2 Å². The zero-order chi connectivity index (χ0) is 23.4. The molecule has 1 aliphatic carbocycles. The number of alkyl halides is 3. The Morgan fingerprint density at radius 1 is 1.09 bits per heavy atom. The molecule has 0 unspecified atom stereocenters. The molecule has 0 aromatic carbocycles. The highest BCUT2D eigenvalue weighted by Crippen LogP contribution is 2.39. The Kier molecular flexibility index (Phi) is 5.59. The summed E-state index contributed by atoms with van der Waals surface area (Å²) in [7, 11) is -0.354. The number of fused-ring (bicyclic) bond motifs is 1. The molecular weight excluding hydrogens is 443 g/mol. The molecule has 3 aromatic heterocycles. The van der Waals surface area contributed by atoms with E-state index in [2.05, 4.69) is 16.9 Å². The monoisotopic (exact) mass is 469 g/mol. The van der Waals surface area contributed by atoms with Crippen molar-refractivity contribution in [3.05, 3.63) is 23.8 Å². The van der Waals surface area contributed by atoms with E-state index < -0.39 is 21.7 Å². The summed E-state index contributed by atoms with van der Waals surface area (Å²) < 4.78 is 68.5. The molecule has 4 rings (SSSR count). The molecule has 1 aliphatic rings. The third kappa shape index (κ3) is 3.80. The second-order valence-corrected chi connectivity index (χ2v) is 10.8. The van der Waals surface area contributed by atoms with Crippen molar-refractivity contribution in [1.29, 1.82) is 0 Å². The molecular formula is C21H26F3N5O2S. The van der Waals surface area contributed by atoms with Gasteiger partial charge in [-0.2, -0.15) is 13.2 Å². The lowest BCUT2D eigenvalue weighted by Crippen LogP contribution is -2.16. The zero-order valence-electron chi connectivity index (χ0n) is 18.4. The third-order valence-electron chi connectivity index (χ3n) is 6.40. The molecule has 0 radical (unpaired) electrons. The summed E-state index contributed by atoms with van der Waals surface area (Å²) in [6.07, 6.45) is 0.423.